The molecule has 1 rings (SSSR count). The van der Waals surface area contributed by atoms with Crippen LogP contribution in [0.1, 0.15) is 51.9 Å². The van der Waals surface area contributed by atoms with Crippen LogP contribution in [0, 0.1) is 0 Å². The zero-order valence-electron chi connectivity index (χ0n) is 16.6. The third kappa shape index (κ3) is 6.30. The van der Waals surface area contributed by atoms with Gasteiger partial charge in [-0.05, 0) is 53.7 Å². The molecule has 1 aromatic rings. The van der Waals surface area contributed by atoms with Gasteiger partial charge in [-0.2, -0.15) is 0 Å². The topological polar surface area (TPSA) is 88.1 Å². The predicted octanol–water partition coefficient (Wildman–Crippen LogP) is 6.59. The van der Waals surface area contributed by atoms with Crippen LogP contribution in [0.4, 0.5) is 0 Å². The molecule has 0 heterocycles. The third-order valence-electron chi connectivity index (χ3n) is 2.92. The van der Waals surface area contributed by atoms with E-state index in [1.807, 2.05) is 0 Å². The Morgan fingerprint density at radius 3 is 1.61 bits per heavy atom. The standard InChI is InChI=1S/C17H26Cl2O7P2/c1-12(2)23-27(21,24-13(3)4)17(18,19)28(22,25-14(5)6)26-16(20)15-10-8-7-9-11-15/h7-14H,1-6H3. The van der Waals surface area contributed by atoms with Crippen LogP contribution in [0.25, 0.3) is 0 Å². The Bertz CT molecular complexity index is 737. The van der Waals surface area contributed by atoms with E-state index in [2.05, 4.69) is 0 Å². The van der Waals surface area contributed by atoms with Crippen molar-refractivity contribution in [1.82, 2.24) is 0 Å². The lowest BCUT2D eigenvalue weighted by molar-refractivity contribution is 0.0678. The van der Waals surface area contributed by atoms with E-state index >= 15 is 0 Å². The molecule has 1 aromatic carbocycles. The minimum atomic E-state index is -4.77. The van der Waals surface area contributed by atoms with Gasteiger partial charge in [-0.3, -0.25) is 9.09 Å². The van der Waals surface area contributed by atoms with Crippen molar-refractivity contribution in [1.29, 1.82) is 0 Å². The second-order valence-electron chi connectivity index (χ2n) is 6.71. The summed E-state index contributed by atoms with van der Waals surface area (Å²) in [6, 6.07) is 7.76. The summed E-state index contributed by atoms with van der Waals surface area (Å²) in [7, 11) is -9.26. The van der Waals surface area contributed by atoms with Crippen molar-refractivity contribution < 1.29 is 32.0 Å². The highest BCUT2D eigenvalue weighted by Gasteiger charge is 2.67. The largest absolute Gasteiger partial charge is 0.430 e. The molecule has 160 valence electrons. The van der Waals surface area contributed by atoms with Gasteiger partial charge in [-0.15, -0.1) is 0 Å². The Balaban J connectivity index is 3.43. The van der Waals surface area contributed by atoms with Gasteiger partial charge in [0.05, 0.1) is 23.9 Å². The molecule has 0 fully saturated rings. The molecule has 0 saturated heterocycles. The van der Waals surface area contributed by atoms with Crippen molar-refractivity contribution in [2.24, 2.45) is 0 Å². The van der Waals surface area contributed by atoms with Crippen molar-refractivity contribution in [3.8, 4) is 0 Å². The van der Waals surface area contributed by atoms with Gasteiger partial charge in [0.25, 0.3) is 0 Å². The van der Waals surface area contributed by atoms with Gasteiger partial charge in [-0.1, -0.05) is 41.4 Å². The highest BCUT2D eigenvalue weighted by atomic mass is 35.5. The smallest absolute Gasteiger partial charge is 0.385 e. The molecule has 7 nitrogen and oxygen atoms in total. The number of rotatable bonds is 10. The average molecular weight is 475 g/mol. The molecule has 0 aromatic heterocycles. The third-order valence-corrected chi connectivity index (χ3v) is 10.7. The first-order valence-electron chi connectivity index (χ1n) is 8.66. The van der Waals surface area contributed by atoms with Crippen LogP contribution >= 0.6 is 38.4 Å². The lowest BCUT2D eigenvalue weighted by Crippen LogP contribution is -2.26. The number of halogens is 2. The quantitative estimate of drug-likeness (QED) is 0.279. The zero-order valence-corrected chi connectivity index (χ0v) is 19.9. The summed E-state index contributed by atoms with van der Waals surface area (Å²) in [5.74, 6) is -1.00. The maximum atomic E-state index is 13.6. The van der Waals surface area contributed by atoms with E-state index in [1.54, 1.807) is 45.9 Å². The lowest BCUT2D eigenvalue weighted by Gasteiger charge is -2.35. The van der Waals surface area contributed by atoms with Crippen molar-refractivity contribution in [2.75, 3.05) is 0 Å². The second kappa shape index (κ2) is 10.1. The molecular weight excluding hydrogens is 449 g/mol. The Hall–Kier alpha value is -0.390. The van der Waals surface area contributed by atoms with E-state index in [0.717, 1.165) is 0 Å². The fourth-order valence-corrected chi connectivity index (χ4v) is 7.25. The molecule has 0 N–H and O–H groups in total. The van der Waals surface area contributed by atoms with Gasteiger partial charge < -0.3 is 13.6 Å². The molecule has 0 aliphatic carbocycles. The monoisotopic (exact) mass is 474 g/mol. The highest BCUT2D eigenvalue weighted by molar-refractivity contribution is 7.80. The minimum Gasteiger partial charge on any atom is -0.385 e. The summed E-state index contributed by atoms with van der Waals surface area (Å²) in [5.41, 5.74) is 0.0867. The maximum absolute atomic E-state index is 13.6. The van der Waals surface area contributed by atoms with Crippen LogP contribution in [0.15, 0.2) is 30.3 Å². The number of hydrogen-bond acceptors (Lipinski definition) is 7. The van der Waals surface area contributed by atoms with E-state index in [1.165, 1.54) is 26.0 Å². The molecule has 0 spiro atoms. The van der Waals surface area contributed by atoms with Gasteiger partial charge in [0.15, 0.2) is 0 Å². The molecule has 11 heteroatoms. The number of hydrogen-bond donors (Lipinski definition) is 0. The van der Waals surface area contributed by atoms with Gasteiger partial charge in [-0.25, -0.2) is 9.36 Å². The Kier molecular flexibility index (Phi) is 9.23. The fourth-order valence-electron chi connectivity index (χ4n) is 2.01. The van der Waals surface area contributed by atoms with Gasteiger partial charge >= 0.3 is 25.0 Å². The van der Waals surface area contributed by atoms with E-state index in [4.69, 9.17) is 41.3 Å². The molecule has 0 amide bonds. The molecule has 0 aliphatic heterocycles. The fraction of sp³-hybridized carbons (Fsp3) is 0.588. The van der Waals surface area contributed by atoms with Gasteiger partial charge in [0, 0.05) is 0 Å². The molecular formula is C17H26Cl2O7P2. The number of carbonyl (C=O) groups is 1. The maximum Gasteiger partial charge on any atom is 0.430 e. The molecule has 1 unspecified atom stereocenters. The first kappa shape index (κ1) is 25.6. The van der Waals surface area contributed by atoms with Crippen LogP contribution in [0.5, 0.6) is 0 Å². The van der Waals surface area contributed by atoms with Crippen molar-refractivity contribution >= 4 is 44.4 Å². The number of alkyl halides is 2. The molecule has 1 atom stereocenters. The first-order chi connectivity index (χ1) is 12.7. The summed E-state index contributed by atoms with van der Waals surface area (Å²) < 4.78 is 45.4. The van der Waals surface area contributed by atoms with Crippen LogP contribution in [0.2, 0.25) is 0 Å². The van der Waals surface area contributed by atoms with Gasteiger partial charge in [0.1, 0.15) is 0 Å². The van der Waals surface area contributed by atoms with Crippen LogP contribution in [-0.4, -0.2) is 28.1 Å². The number of benzene rings is 1. The average Bonchev–Trinajstić information content (AvgIpc) is 2.52. The Morgan fingerprint density at radius 2 is 1.21 bits per heavy atom. The zero-order chi connectivity index (χ0) is 21.8. The van der Waals surface area contributed by atoms with Crippen LogP contribution < -0.4 is 0 Å². The second-order valence-corrected chi connectivity index (χ2v) is 13.6. The number of carbonyl (C=O) groups excluding carboxylic acids is 1. The molecule has 0 bridgehead atoms. The summed E-state index contributed by atoms with van der Waals surface area (Å²) in [4.78, 5) is 12.5. The highest BCUT2D eigenvalue weighted by Crippen LogP contribution is 2.82. The molecule has 0 radical (unpaired) electrons. The van der Waals surface area contributed by atoms with Gasteiger partial charge in [0.2, 0.25) is 0 Å². The SMILES string of the molecule is CC(C)OP(=O)(OC(=O)c1ccccc1)C(Cl)(Cl)P(=O)(OC(C)C)OC(C)C. The molecule has 0 aliphatic rings. The predicted molar refractivity (Wildman–Crippen MR) is 110 cm³/mol. The molecule has 28 heavy (non-hydrogen) atoms. The van der Waals surface area contributed by atoms with E-state index in [-0.39, 0.29) is 5.56 Å². The van der Waals surface area contributed by atoms with E-state index in [0.29, 0.717) is 0 Å². The summed E-state index contributed by atoms with van der Waals surface area (Å²) >= 11 is 12.6. The van der Waals surface area contributed by atoms with Crippen molar-refractivity contribution in [3.05, 3.63) is 35.9 Å². The normalized spacial score (nSPS) is 15.1. The van der Waals surface area contributed by atoms with Crippen LogP contribution in [-0.2, 0) is 27.2 Å². The van der Waals surface area contributed by atoms with Crippen molar-refractivity contribution in [2.45, 2.75) is 63.7 Å². The molecule has 0 saturated carbocycles. The minimum absolute atomic E-state index is 0.0867. The van der Waals surface area contributed by atoms with E-state index in [9.17, 15) is 13.9 Å². The van der Waals surface area contributed by atoms with E-state index < -0.39 is 43.3 Å². The summed E-state index contributed by atoms with van der Waals surface area (Å²) in [5, 5.41) is 0. The summed E-state index contributed by atoms with van der Waals surface area (Å²) in [6.45, 7) is 9.36. The van der Waals surface area contributed by atoms with Crippen molar-refractivity contribution in [3.63, 3.8) is 0 Å². The summed E-state index contributed by atoms with van der Waals surface area (Å²) in [6.07, 6.45) is -2.00. The first-order valence-corrected chi connectivity index (χ1v) is 12.5. The Labute approximate surface area is 176 Å². The lowest BCUT2D eigenvalue weighted by atomic mass is 10.2. The van der Waals surface area contributed by atoms with Crippen LogP contribution in [0.3, 0.4) is 0 Å². The Morgan fingerprint density at radius 1 is 0.821 bits per heavy atom.